The van der Waals surface area contributed by atoms with E-state index in [4.69, 9.17) is 14.2 Å². The number of nitrogens with one attached hydrogen (secondary N) is 2. The summed E-state index contributed by atoms with van der Waals surface area (Å²) in [5, 5.41) is 13.7. The Bertz CT molecular complexity index is 1470. The van der Waals surface area contributed by atoms with Crippen LogP contribution in [0.1, 0.15) is 19.3 Å². The monoisotopic (exact) mass is 627 g/mol. The highest BCUT2D eigenvalue weighted by Crippen LogP contribution is 2.38. The Kier molecular flexibility index (Phi) is 9.24. The zero-order valence-corrected chi connectivity index (χ0v) is 25.2. The molecule has 2 atom stereocenters. The van der Waals surface area contributed by atoms with E-state index >= 15 is 0 Å². The van der Waals surface area contributed by atoms with Crippen molar-refractivity contribution in [2.24, 2.45) is 0 Å². The van der Waals surface area contributed by atoms with Gasteiger partial charge < -0.3 is 29.5 Å². The maximum absolute atomic E-state index is 13.4. The Hall–Kier alpha value is -2.57. The van der Waals surface area contributed by atoms with Crippen LogP contribution in [0, 0.1) is 0 Å². The number of likely N-dealkylation sites (N-methyl/N-ethyl adjacent to an activating group) is 1. The summed E-state index contributed by atoms with van der Waals surface area (Å²) in [4.78, 5) is 12.7. The van der Waals surface area contributed by atoms with Crippen molar-refractivity contribution in [3.05, 3.63) is 36.5 Å². The van der Waals surface area contributed by atoms with Crippen molar-refractivity contribution in [3.8, 4) is 11.6 Å². The Morgan fingerprint density at radius 1 is 1.17 bits per heavy atom. The van der Waals surface area contributed by atoms with Gasteiger partial charge in [0, 0.05) is 38.8 Å². The summed E-state index contributed by atoms with van der Waals surface area (Å²) in [7, 11) is -4.45. The lowest BCUT2D eigenvalue weighted by atomic mass is 9.88. The van der Waals surface area contributed by atoms with Crippen LogP contribution in [0.15, 0.2) is 46.3 Å². The Balaban J connectivity index is 1.08. The van der Waals surface area contributed by atoms with Crippen molar-refractivity contribution < 1.29 is 41.0 Å². The number of sulfonamides is 2. The second-order valence-corrected chi connectivity index (χ2v) is 14.3. The Morgan fingerprint density at radius 3 is 2.71 bits per heavy atom. The predicted octanol–water partition coefficient (Wildman–Crippen LogP) is 0.0916. The molecular weight excluding hydrogens is 590 g/mol. The number of ether oxygens (including phenoxy) is 3. The number of rotatable bonds is 11. The minimum Gasteiger partial charge on any atom is -0.491 e. The lowest BCUT2D eigenvalue weighted by Crippen LogP contribution is -2.47. The normalized spacial score (nSPS) is 21.6. The molecule has 2 fully saturated rings. The second-order valence-electron chi connectivity index (χ2n) is 10.7. The molecule has 232 valence electrons. The second kappa shape index (κ2) is 12.6. The molecule has 1 unspecified atom stereocenters. The minimum absolute atomic E-state index is 0.00298. The van der Waals surface area contributed by atoms with Crippen molar-refractivity contribution in [3.63, 3.8) is 0 Å². The average molecular weight is 628 g/mol. The van der Waals surface area contributed by atoms with Gasteiger partial charge in [0.25, 0.3) is 10.0 Å². The standard InChI is InChI=1S/C26H37N5O9S2/c1-30-10-11-38-25-24(30)13-23(16-28-25)42(35,36)31-8-6-26(7-9-31)14-19(17-40-26)27-15-20(32)18-39-21-4-3-5-22(12-21)41(33,34)29-37-2/h3-5,12-13,16,19-20,27,29,32H,6-11,14-15,17-18H2,1-2H3/t19-,20?/m1/s1. The van der Waals surface area contributed by atoms with Crippen LogP contribution in [-0.2, 0) is 29.6 Å². The van der Waals surface area contributed by atoms with Gasteiger partial charge in [-0.15, -0.1) is 0 Å². The summed E-state index contributed by atoms with van der Waals surface area (Å²) in [6, 6.07) is 7.50. The van der Waals surface area contributed by atoms with Crippen LogP contribution in [0.5, 0.6) is 11.6 Å². The van der Waals surface area contributed by atoms with Gasteiger partial charge in [0.1, 0.15) is 35.7 Å². The molecule has 2 aromatic rings. The van der Waals surface area contributed by atoms with E-state index in [9.17, 15) is 21.9 Å². The smallest absolute Gasteiger partial charge is 0.262 e. The Labute approximate surface area is 246 Å². The summed E-state index contributed by atoms with van der Waals surface area (Å²) in [6.45, 7) is 2.50. The molecular formula is C26H37N5O9S2. The molecule has 5 rings (SSSR count). The van der Waals surface area contributed by atoms with Crippen LogP contribution in [0.25, 0.3) is 0 Å². The SMILES string of the molecule is CONS(=O)(=O)c1cccc(OCC(O)CN[C@H]2COC3(CCN(S(=O)(=O)c4cnc5c(c4)N(C)CCO5)CC3)C2)c1. The van der Waals surface area contributed by atoms with Gasteiger partial charge in [-0.25, -0.2) is 21.8 Å². The molecule has 4 heterocycles. The molecule has 1 aromatic carbocycles. The van der Waals surface area contributed by atoms with Crippen molar-refractivity contribution in [1.82, 2.24) is 19.5 Å². The molecule has 3 aliphatic rings. The zero-order valence-electron chi connectivity index (χ0n) is 23.6. The third-order valence-electron chi connectivity index (χ3n) is 7.76. The predicted molar refractivity (Wildman–Crippen MR) is 151 cm³/mol. The van der Waals surface area contributed by atoms with Gasteiger partial charge >= 0.3 is 0 Å². The average Bonchev–Trinajstić information content (AvgIpc) is 3.37. The number of pyridine rings is 1. The quantitative estimate of drug-likeness (QED) is 0.288. The van der Waals surface area contributed by atoms with Crippen LogP contribution >= 0.6 is 0 Å². The number of piperidine rings is 1. The first kappa shape index (κ1) is 30.9. The van der Waals surface area contributed by atoms with Crippen LogP contribution in [0.4, 0.5) is 5.69 Å². The maximum atomic E-state index is 13.4. The van der Waals surface area contributed by atoms with Gasteiger partial charge in [-0.2, -0.15) is 4.31 Å². The fraction of sp³-hybridized carbons (Fsp3) is 0.577. The molecule has 2 saturated heterocycles. The molecule has 0 aliphatic carbocycles. The first-order valence-electron chi connectivity index (χ1n) is 13.7. The molecule has 0 saturated carbocycles. The topological polar surface area (TPSA) is 169 Å². The minimum atomic E-state index is -3.82. The molecule has 1 aromatic heterocycles. The number of hydrogen-bond donors (Lipinski definition) is 3. The first-order valence-corrected chi connectivity index (χ1v) is 16.6. The Morgan fingerprint density at radius 2 is 1.95 bits per heavy atom. The molecule has 0 bridgehead atoms. The number of fused-ring (bicyclic) bond motifs is 1. The number of benzene rings is 1. The fourth-order valence-corrected chi connectivity index (χ4v) is 7.65. The number of aliphatic hydroxyl groups is 1. The number of nitrogens with zero attached hydrogens (tertiary/aromatic N) is 3. The van der Waals surface area contributed by atoms with Crippen LogP contribution in [0.2, 0.25) is 0 Å². The summed E-state index contributed by atoms with van der Waals surface area (Å²) in [5.74, 6) is 0.736. The van der Waals surface area contributed by atoms with Gasteiger partial charge in [0.05, 0.1) is 37.0 Å². The summed E-state index contributed by atoms with van der Waals surface area (Å²) >= 11 is 0. The molecule has 0 amide bonds. The molecule has 3 aliphatic heterocycles. The van der Waals surface area contributed by atoms with E-state index in [1.165, 1.54) is 35.8 Å². The lowest BCUT2D eigenvalue weighted by molar-refractivity contribution is -0.0312. The van der Waals surface area contributed by atoms with Crippen molar-refractivity contribution in [2.75, 3.05) is 65.1 Å². The van der Waals surface area contributed by atoms with Gasteiger partial charge in [-0.3, -0.25) is 4.84 Å². The molecule has 42 heavy (non-hydrogen) atoms. The van der Waals surface area contributed by atoms with Crippen LogP contribution < -0.4 is 24.6 Å². The van der Waals surface area contributed by atoms with E-state index in [2.05, 4.69) is 15.1 Å². The third kappa shape index (κ3) is 6.81. The van der Waals surface area contributed by atoms with E-state index in [1.54, 1.807) is 12.1 Å². The van der Waals surface area contributed by atoms with Crippen molar-refractivity contribution >= 4 is 25.7 Å². The summed E-state index contributed by atoms with van der Waals surface area (Å²) in [6.07, 6.45) is 2.34. The van der Waals surface area contributed by atoms with E-state index in [-0.39, 0.29) is 29.0 Å². The molecule has 3 N–H and O–H groups in total. The lowest BCUT2D eigenvalue weighted by Gasteiger charge is -2.38. The zero-order chi connectivity index (χ0) is 30.0. The largest absolute Gasteiger partial charge is 0.491 e. The molecule has 14 nitrogen and oxygen atoms in total. The van der Waals surface area contributed by atoms with Crippen molar-refractivity contribution in [1.29, 1.82) is 0 Å². The van der Waals surface area contributed by atoms with Crippen molar-refractivity contribution in [2.45, 2.75) is 46.8 Å². The molecule has 1 spiro atoms. The highest BCUT2D eigenvalue weighted by molar-refractivity contribution is 7.89. The van der Waals surface area contributed by atoms with Crippen LogP contribution in [0.3, 0.4) is 0 Å². The molecule has 16 heteroatoms. The van der Waals surface area contributed by atoms with Gasteiger partial charge in [-0.05, 0) is 37.5 Å². The third-order valence-corrected chi connectivity index (χ3v) is 10.9. The highest BCUT2D eigenvalue weighted by Gasteiger charge is 2.45. The van der Waals surface area contributed by atoms with Gasteiger partial charge in [0.2, 0.25) is 15.9 Å². The molecule has 0 radical (unpaired) electrons. The maximum Gasteiger partial charge on any atom is 0.262 e. The number of aromatic nitrogens is 1. The first-order chi connectivity index (χ1) is 20.0. The summed E-state index contributed by atoms with van der Waals surface area (Å²) < 4.78 is 69.7. The number of hydrogen-bond acceptors (Lipinski definition) is 12. The summed E-state index contributed by atoms with van der Waals surface area (Å²) in [5.41, 5.74) is 0.243. The van der Waals surface area contributed by atoms with E-state index in [1.807, 2.05) is 16.8 Å². The van der Waals surface area contributed by atoms with Crippen LogP contribution in [-0.4, -0.2) is 109 Å². The highest BCUT2D eigenvalue weighted by atomic mass is 32.2. The van der Waals surface area contributed by atoms with E-state index in [0.717, 1.165) is 0 Å². The van der Waals surface area contributed by atoms with Gasteiger partial charge in [0.15, 0.2) is 0 Å². The number of aliphatic hydroxyl groups excluding tert-OH is 1. The van der Waals surface area contributed by atoms with E-state index < -0.39 is 31.8 Å². The van der Waals surface area contributed by atoms with E-state index in [0.29, 0.717) is 69.4 Å². The van der Waals surface area contributed by atoms with Gasteiger partial charge in [-0.1, -0.05) is 11.0 Å². The fourth-order valence-electron chi connectivity index (χ4n) is 5.40. The number of anilines is 1.